The summed E-state index contributed by atoms with van der Waals surface area (Å²) in [5, 5.41) is 0. The van der Waals surface area contributed by atoms with Crippen molar-refractivity contribution in [2.75, 3.05) is 45.9 Å². The van der Waals surface area contributed by atoms with Crippen LogP contribution in [0.15, 0.2) is 18.2 Å². The highest BCUT2D eigenvalue weighted by Crippen LogP contribution is 2.33. The van der Waals surface area contributed by atoms with Crippen molar-refractivity contribution < 1.29 is 14.3 Å². The van der Waals surface area contributed by atoms with Gasteiger partial charge in [-0.2, -0.15) is 0 Å². The van der Waals surface area contributed by atoms with Gasteiger partial charge >= 0.3 is 0 Å². The van der Waals surface area contributed by atoms with E-state index in [4.69, 9.17) is 9.47 Å². The Kier molecular flexibility index (Phi) is 4.83. The minimum absolute atomic E-state index is 0.266. The van der Waals surface area contributed by atoms with E-state index in [1.54, 1.807) is 0 Å². The average molecular weight is 304 g/mol. The fourth-order valence-corrected chi connectivity index (χ4v) is 3.05. The van der Waals surface area contributed by atoms with Crippen LogP contribution in [0, 0.1) is 0 Å². The summed E-state index contributed by atoms with van der Waals surface area (Å²) >= 11 is 0. The Morgan fingerprint density at radius 2 is 1.91 bits per heavy atom. The quantitative estimate of drug-likeness (QED) is 0.846. The smallest absolute Gasteiger partial charge is 0.222 e. The number of fused-ring (bicyclic) bond motifs is 1. The highest BCUT2D eigenvalue weighted by molar-refractivity contribution is 5.75. The van der Waals surface area contributed by atoms with Gasteiger partial charge in [-0.15, -0.1) is 0 Å². The molecule has 0 radical (unpaired) electrons. The van der Waals surface area contributed by atoms with E-state index < -0.39 is 0 Å². The lowest BCUT2D eigenvalue weighted by molar-refractivity contribution is -0.132. The number of rotatable bonds is 4. The molecule has 2 aliphatic rings. The molecule has 3 rings (SSSR count). The molecule has 0 aliphatic carbocycles. The predicted octanol–water partition coefficient (Wildman–Crippen LogP) is 1.55. The van der Waals surface area contributed by atoms with Crippen LogP contribution >= 0.6 is 0 Å². The Morgan fingerprint density at radius 1 is 1.14 bits per heavy atom. The zero-order valence-corrected chi connectivity index (χ0v) is 13.2. The molecule has 0 bridgehead atoms. The standard InChI is InChI=1S/C17H24N2O3/c1-2-16(20)19-10-8-18(9-11-19)7-6-14-4-3-5-15-17(14)22-13-12-21-15/h3-5H,2,6-13H2,1H3. The molecule has 0 aromatic heterocycles. The van der Waals surface area contributed by atoms with E-state index in [1.807, 2.05) is 24.0 Å². The topological polar surface area (TPSA) is 42.0 Å². The third-order valence-corrected chi connectivity index (χ3v) is 4.37. The number of carbonyl (C=O) groups is 1. The first-order chi connectivity index (χ1) is 10.8. The second kappa shape index (κ2) is 7.01. The minimum Gasteiger partial charge on any atom is -0.486 e. The van der Waals surface area contributed by atoms with E-state index in [0.717, 1.165) is 50.6 Å². The summed E-state index contributed by atoms with van der Waals surface area (Å²) in [7, 11) is 0. The Morgan fingerprint density at radius 3 is 2.68 bits per heavy atom. The maximum Gasteiger partial charge on any atom is 0.222 e. The molecular formula is C17H24N2O3. The monoisotopic (exact) mass is 304 g/mol. The molecule has 1 fully saturated rings. The summed E-state index contributed by atoms with van der Waals surface area (Å²) in [6.07, 6.45) is 1.56. The van der Waals surface area contributed by atoms with E-state index in [9.17, 15) is 4.79 Å². The number of benzene rings is 1. The van der Waals surface area contributed by atoms with Gasteiger partial charge in [0, 0.05) is 39.1 Å². The molecule has 0 spiro atoms. The van der Waals surface area contributed by atoms with Crippen molar-refractivity contribution in [1.29, 1.82) is 0 Å². The molecular weight excluding hydrogens is 280 g/mol. The van der Waals surface area contributed by atoms with Crippen molar-refractivity contribution >= 4 is 5.91 Å². The van der Waals surface area contributed by atoms with Gasteiger partial charge in [-0.05, 0) is 18.1 Å². The first-order valence-corrected chi connectivity index (χ1v) is 8.15. The Labute approximate surface area is 131 Å². The number of para-hydroxylation sites is 1. The van der Waals surface area contributed by atoms with E-state index in [1.165, 1.54) is 5.56 Å². The number of nitrogens with zero attached hydrogens (tertiary/aromatic N) is 2. The normalized spacial score (nSPS) is 18.3. The van der Waals surface area contributed by atoms with Crippen LogP contribution in [0.25, 0.3) is 0 Å². The number of amides is 1. The summed E-state index contributed by atoms with van der Waals surface area (Å²) in [6, 6.07) is 6.11. The second-order valence-corrected chi connectivity index (χ2v) is 5.77. The average Bonchev–Trinajstić information content (AvgIpc) is 2.59. The van der Waals surface area contributed by atoms with E-state index in [-0.39, 0.29) is 5.91 Å². The number of carbonyl (C=O) groups excluding carboxylic acids is 1. The molecule has 1 aromatic rings. The van der Waals surface area contributed by atoms with Crippen LogP contribution < -0.4 is 9.47 Å². The summed E-state index contributed by atoms with van der Waals surface area (Å²) in [5.74, 6) is 2.04. The van der Waals surface area contributed by atoms with E-state index >= 15 is 0 Å². The molecule has 0 unspecified atom stereocenters. The minimum atomic E-state index is 0.266. The number of hydrogen-bond acceptors (Lipinski definition) is 4. The molecule has 2 aliphatic heterocycles. The third kappa shape index (κ3) is 3.35. The SMILES string of the molecule is CCC(=O)N1CCN(CCc2cccc3c2OCCO3)CC1. The van der Waals surface area contributed by atoms with Crippen molar-refractivity contribution in [1.82, 2.24) is 9.80 Å². The van der Waals surface area contributed by atoms with Gasteiger partial charge in [0.25, 0.3) is 0 Å². The Hall–Kier alpha value is -1.75. The summed E-state index contributed by atoms with van der Waals surface area (Å²) in [5.41, 5.74) is 1.21. The zero-order valence-electron chi connectivity index (χ0n) is 13.2. The van der Waals surface area contributed by atoms with Gasteiger partial charge in [0.05, 0.1) is 0 Å². The van der Waals surface area contributed by atoms with Crippen molar-refractivity contribution in [3.05, 3.63) is 23.8 Å². The van der Waals surface area contributed by atoms with Crippen LogP contribution in [-0.4, -0.2) is 61.6 Å². The summed E-state index contributed by atoms with van der Waals surface area (Å²) in [6.45, 7) is 7.78. The maximum atomic E-state index is 11.7. The number of hydrogen-bond donors (Lipinski definition) is 0. The molecule has 0 saturated carbocycles. The fraction of sp³-hybridized carbons (Fsp3) is 0.588. The fourth-order valence-electron chi connectivity index (χ4n) is 3.05. The van der Waals surface area contributed by atoms with Gasteiger partial charge in [-0.1, -0.05) is 19.1 Å². The van der Waals surface area contributed by atoms with Gasteiger partial charge in [-0.25, -0.2) is 0 Å². The zero-order chi connectivity index (χ0) is 15.4. The van der Waals surface area contributed by atoms with Crippen LogP contribution in [-0.2, 0) is 11.2 Å². The summed E-state index contributed by atoms with van der Waals surface area (Å²) in [4.78, 5) is 16.1. The van der Waals surface area contributed by atoms with Gasteiger partial charge in [0.1, 0.15) is 13.2 Å². The van der Waals surface area contributed by atoms with Crippen LogP contribution in [0.3, 0.4) is 0 Å². The molecule has 5 nitrogen and oxygen atoms in total. The molecule has 1 saturated heterocycles. The van der Waals surface area contributed by atoms with Crippen molar-refractivity contribution in [3.8, 4) is 11.5 Å². The van der Waals surface area contributed by atoms with Crippen molar-refractivity contribution in [2.45, 2.75) is 19.8 Å². The second-order valence-electron chi connectivity index (χ2n) is 5.77. The largest absolute Gasteiger partial charge is 0.486 e. The molecule has 1 amide bonds. The van der Waals surface area contributed by atoms with Crippen LogP contribution in [0.5, 0.6) is 11.5 Å². The maximum absolute atomic E-state index is 11.7. The molecule has 0 atom stereocenters. The highest BCUT2D eigenvalue weighted by atomic mass is 16.6. The highest BCUT2D eigenvalue weighted by Gasteiger charge is 2.21. The number of piperazine rings is 1. The molecule has 22 heavy (non-hydrogen) atoms. The van der Waals surface area contributed by atoms with Gasteiger partial charge in [0.2, 0.25) is 5.91 Å². The molecule has 2 heterocycles. The van der Waals surface area contributed by atoms with Crippen LogP contribution in [0.4, 0.5) is 0 Å². The lowest BCUT2D eigenvalue weighted by atomic mass is 10.1. The first kappa shape index (κ1) is 15.2. The predicted molar refractivity (Wildman–Crippen MR) is 84.4 cm³/mol. The van der Waals surface area contributed by atoms with Crippen molar-refractivity contribution in [3.63, 3.8) is 0 Å². The Bertz CT molecular complexity index is 525. The van der Waals surface area contributed by atoms with E-state index in [0.29, 0.717) is 19.6 Å². The molecule has 1 aromatic carbocycles. The molecule has 0 N–H and O–H groups in total. The van der Waals surface area contributed by atoms with Gasteiger partial charge in [-0.3, -0.25) is 9.69 Å². The Balaban J connectivity index is 1.53. The lowest BCUT2D eigenvalue weighted by Gasteiger charge is -2.34. The van der Waals surface area contributed by atoms with E-state index in [2.05, 4.69) is 11.0 Å². The van der Waals surface area contributed by atoms with Gasteiger partial charge < -0.3 is 14.4 Å². The third-order valence-electron chi connectivity index (χ3n) is 4.37. The van der Waals surface area contributed by atoms with Gasteiger partial charge in [0.15, 0.2) is 11.5 Å². The first-order valence-electron chi connectivity index (χ1n) is 8.15. The molecule has 120 valence electrons. The molecule has 5 heteroatoms. The lowest BCUT2D eigenvalue weighted by Crippen LogP contribution is -2.48. The summed E-state index contributed by atoms with van der Waals surface area (Å²) < 4.78 is 11.4. The van der Waals surface area contributed by atoms with Crippen LogP contribution in [0.2, 0.25) is 0 Å². The van der Waals surface area contributed by atoms with Crippen LogP contribution in [0.1, 0.15) is 18.9 Å². The van der Waals surface area contributed by atoms with Crippen molar-refractivity contribution in [2.24, 2.45) is 0 Å². The number of ether oxygens (including phenoxy) is 2.